The number of oxazole rings is 1. The largest absolute Gasteiger partial charge is 0.495 e. The molecule has 43 heavy (non-hydrogen) atoms. The third-order valence-corrected chi connectivity index (χ3v) is 8.17. The number of hydrogen-bond donors (Lipinski definition) is 3. The lowest BCUT2D eigenvalue weighted by atomic mass is 10.1. The van der Waals surface area contributed by atoms with Crippen LogP contribution in [0, 0.1) is 6.92 Å². The van der Waals surface area contributed by atoms with Gasteiger partial charge in [0.1, 0.15) is 23.0 Å². The van der Waals surface area contributed by atoms with Gasteiger partial charge < -0.3 is 34.2 Å². The molecule has 11 nitrogen and oxygen atoms in total. The van der Waals surface area contributed by atoms with E-state index >= 15 is 0 Å². The van der Waals surface area contributed by atoms with Gasteiger partial charge in [-0.2, -0.15) is 9.97 Å². The predicted octanol–water partition coefficient (Wildman–Crippen LogP) is 5.75. The smallest absolute Gasteiger partial charge is 0.254 e. The highest BCUT2D eigenvalue weighted by molar-refractivity contribution is 5.99. The van der Waals surface area contributed by atoms with Gasteiger partial charge in [-0.15, -0.1) is 0 Å². The van der Waals surface area contributed by atoms with E-state index in [0.717, 1.165) is 60.6 Å². The van der Waals surface area contributed by atoms with Gasteiger partial charge in [-0.3, -0.25) is 4.79 Å². The number of carbonyl (C=O) groups is 1. The molecule has 0 aliphatic heterocycles. The summed E-state index contributed by atoms with van der Waals surface area (Å²) in [5.41, 5.74) is 5.12. The number of aliphatic hydroxyl groups excluding tert-OH is 1. The molecule has 3 aromatic heterocycles. The van der Waals surface area contributed by atoms with Crippen LogP contribution in [0.3, 0.4) is 0 Å². The molecule has 1 amide bonds. The van der Waals surface area contributed by atoms with Gasteiger partial charge >= 0.3 is 0 Å². The summed E-state index contributed by atoms with van der Waals surface area (Å²) in [6.07, 6.45) is 8.14. The van der Waals surface area contributed by atoms with E-state index in [9.17, 15) is 9.90 Å². The van der Waals surface area contributed by atoms with Crippen LogP contribution in [-0.2, 0) is 0 Å². The summed E-state index contributed by atoms with van der Waals surface area (Å²) in [7, 11) is 1.56. The van der Waals surface area contributed by atoms with Crippen LogP contribution in [0.1, 0.15) is 54.8 Å². The third-order valence-electron chi connectivity index (χ3n) is 8.17. The summed E-state index contributed by atoms with van der Waals surface area (Å²) in [6.45, 7) is 2.08. The molecule has 0 atom stereocenters. The first-order valence-corrected chi connectivity index (χ1v) is 14.8. The maximum absolute atomic E-state index is 13.2. The van der Waals surface area contributed by atoms with Crippen molar-refractivity contribution >= 4 is 39.7 Å². The van der Waals surface area contributed by atoms with Gasteiger partial charge in [0, 0.05) is 36.8 Å². The molecule has 2 aliphatic rings. The Labute approximate surface area is 248 Å². The highest BCUT2D eigenvalue weighted by atomic mass is 16.5. The number of hydrogen-bond acceptors (Lipinski definition) is 9. The van der Waals surface area contributed by atoms with Crippen LogP contribution >= 0.6 is 0 Å². The second-order valence-electron chi connectivity index (χ2n) is 11.2. The van der Waals surface area contributed by atoms with Gasteiger partial charge in [-0.1, -0.05) is 6.07 Å². The topological polar surface area (TPSA) is 139 Å². The quantitative estimate of drug-likeness (QED) is 0.188. The summed E-state index contributed by atoms with van der Waals surface area (Å²) in [5, 5.41) is 13.5. The number of amides is 1. The minimum Gasteiger partial charge on any atom is -0.495 e. The highest BCUT2D eigenvalue weighted by Gasteiger charge is 2.33. The molecule has 5 aromatic rings. The number of H-pyrrole nitrogens is 1. The number of carbonyl (C=O) groups excluding carboxylic acids is 1. The maximum Gasteiger partial charge on any atom is 0.254 e. The number of benzene rings is 2. The summed E-state index contributed by atoms with van der Waals surface area (Å²) >= 11 is 0. The lowest BCUT2D eigenvalue weighted by molar-refractivity contribution is 0.0707. The Morgan fingerprint density at radius 3 is 2.72 bits per heavy atom. The normalized spacial score (nSPS) is 15.3. The predicted molar refractivity (Wildman–Crippen MR) is 162 cm³/mol. The molecule has 0 radical (unpaired) electrons. The van der Waals surface area contributed by atoms with Crippen molar-refractivity contribution < 1.29 is 23.8 Å². The van der Waals surface area contributed by atoms with Crippen molar-refractivity contribution in [2.24, 2.45) is 0 Å². The van der Waals surface area contributed by atoms with Crippen LogP contribution in [0.5, 0.6) is 11.6 Å². The van der Waals surface area contributed by atoms with Crippen molar-refractivity contribution in [2.45, 2.75) is 57.6 Å². The van der Waals surface area contributed by atoms with Gasteiger partial charge in [0.15, 0.2) is 11.5 Å². The van der Waals surface area contributed by atoms with Gasteiger partial charge in [0.25, 0.3) is 5.91 Å². The maximum atomic E-state index is 13.2. The molecule has 2 aliphatic carbocycles. The lowest BCUT2D eigenvalue weighted by Crippen LogP contribution is -2.35. The molecule has 2 saturated carbocycles. The molecule has 0 saturated heterocycles. The Morgan fingerprint density at radius 1 is 1.12 bits per heavy atom. The number of anilines is 2. The zero-order valence-electron chi connectivity index (χ0n) is 24.2. The van der Waals surface area contributed by atoms with E-state index in [1.54, 1.807) is 30.2 Å². The van der Waals surface area contributed by atoms with Crippen molar-refractivity contribution in [3.05, 3.63) is 54.0 Å². The van der Waals surface area contributed by atoms with Gasteiger partial charge in [-0.25, -0.2) is 4.98 Å². The molecule has 2 aromatic carbocycles. The van der Waals surface area contributed by atoms with E-state index in [1.807, 2.05) is 31.3 Å². The third kappa shape index (κ3) is 5.36. The van der Waals surface area contributed by atoms with Crippen LogP contribution in [0.4, 0.5) is 11.6 Å². The Kier molecular flexibility index (Phi) is 7.10. The Morgan fingerprint density at radius 2 is 1.95 bits per heavy atom. The number of aliphatic hydroxyl groups is 1. The number of methoxy groups -OCH3 is 1. The average Bonchev–Trinajstić information content (AvgIpc) is 3.35. The zero-order chi connectivity index (χ0) is 29.5. The summed E-state index contributed by atoms with van der Waals surface area (Å²) in [4.78, 5) is 32.3. The fraction of sp³-hybridized carbons (Fsp3) is 0.375. The van der Waals surface area contributed by atoms with Gasteiger partial charge in [0.05, 0.1) is 24.8 Å². The Bertz CT molecular complexity index is 1800. The summed E-state index contributed by atoms with van der Waals surface area (Å²) in [6, 6.07) is 11.4. The fourth-order valence-electron chi connectivity index (χ4n) is 5.90. The second-order valence-corrected chi connectivity index (χ2v) is 11.2. The van der Waals surface area contributed by atoms with Crippen LogP contribution < -0.4 is 14.8 Å². The van der Waals surface area contributed by atoms with Crippen molar-refractivity contribution in [3.8, 4) is 22.8 Å². The number of aromatic nitrogens is 4. The van der Waals surface area contributed by atoms with Crippen molar-refractivity contribution in [1.82, 2.24) is 24.8 Å². The number of nitrogens with zero attached hydrogens (tertiary/aromatic N) is 4. The number of rotatable bonds is 10. The Hall–Kier alpha value is -4.64. The molecule has 0 unspecified atom stereocenters. The number of ether oxygens (including phenoxy) is 2. The van der Waals surface area contributed by atoms with Gasteiger partial charge in [0.2, 0.25) is 11.8 Å². The van der Waals surface area contributed by atoms with Crippen LogP contribution in [0.15, 0.2) is 47.0 Å². The standard InChI is InChI=1S/C32H34N6O5/c1-18-34-25-11-7-19(15-27(25)42-18)23-17-33-29-28(23)30(43-22-5-3-4-6-22)37-32(36-29)35-24-12-8-20(16-26(24)41-2)31(40)38(13-14-39)21-9-10-21/h7-8,11-12,15-17,21-22,39H,3-6,9-10,13-14H2,1-2H3,(H2,33,35,36,37). The van der Waals surface area contributed by atoms with E-state index in [4.69, 9.17) is 23.9 Å². The molecule has 7 rings (SSSR count). The first kappa shape index (κ1) is 27.2. The minimum atomic E-state index is -0.121. The van der Waals surface area contributed by atoms with E-state index in [1.165, 1.54) is 0 Å². The molecular weight excluding hydrogens is 548 g/mol. The van der Waals surface area contributed by atoms with Gasteiger partial charge in [-0.05, 0) is 74.4 Å². The van der Waals surface area contributed by atoms with Crippen molar-refractivity contribution in [3.63, 3.8) is 0 Å². The second kappa shape index (κ2) is 11.2. The first-order valence-electron chi connectivity index (χ1n) is 14.8. The number of fused-ring (bicyclic) bond motifs is 2. The highest BCUT2D eigenvalue weighted by Crippen LogP contribution is 2.38. The van der Waals surface area contributed by atoms with E-state index < -0.39 is 0 Å². The summed E-state index contributed by atoms with van der Waals surface area (Å²) < 4.78 is 18.0. The van der Waals surface area contributed by atoms with E-state index in [0.29, 0.717) is 52.5 Å². The van der Waals surface area contributed by atoms with Crippen LogP contribution in [0.25, 0.3) is 33.3 Å². The number of aromatic amines is 1. The van der Waals surface area contributed by atoms with Crippen LogP contribution in [-0.4, -0.2) is 68.3 Å². The number of aryl methyl sites for hydroxylation is 1. The summed E-state index contributed by atoms with van der Waals surface area (Å²) in [5.74, 6) is 1.82. The first-order chi connectivity index (χ1) is 21.0. The fourth-order valence-corrected chi connectivity index (χ4v) is 5.90. The van der Waals surface area contributed by atoms with Crippen molar-refractivity contribution in [1.29, 1.82) is 0 Å². The zero-order valence-corrected chi connectivity index (χ0v) is 24.2. The lowest BCUT2D eigenvalue weighted by Gasteiger charge is -2.22. The molecule has 11 heteroatoms. The van der Waals surface area contributed by atoms with Crippen molar-refractivity contribution in [2.75, 3.05) is 25.6 Å². The molecule has 2 fully saturated rings. The average molecular weight is 583 g/mol. The molecule has 0 bridgehead atoms. The minimum absolute atomic E-state index is 0.0705. The van der Waals surface area contributed by atoms with E-state index in [-0.39, 0.29) is 24.7 Å². The molecule has 222 valence electrons. The number of nitrogens with one attached hydrogen (secondary N) is 2. The van der Waals surface area contributed by atoms with Crippen LogP contribution in [0.2, 0.25) is 0 Å². The molecular formula is C32H34N6O5. The van der Waals surface area contributed by atoms with E-state index in [2.05, 4.69) is 15.3 Å². The molecule has 3 N–H and O–H groups in total. The monoisotopic (exact) mass is 582 g/mol. The molecule has 0 spiro atoms. The SMILES string of the molecule is COc1cc(C(=O)N(CCO)C2CC2)ccc1Nc1nc(OC2CCCC2)c2c(-c3ccc4nc(C)oc4c3)c[nH]c2n1. The Balaban J connectivity index is 1.23. The molecule has 3 heterocycles.